The minimum Gasteiger partial charge on any atom is -0.308 e. The summed E-state index contributed by atoms with van der Waals surface area (Å²) in [5.41, 5.74) is 1.92. The molecular formula is C22H22F4N6O3. The van der Waals surface area contributed by atoms with Crippen LogP contribution in [0.1, 0.15) is 44.6 Å². The second kappa shape index (κ2) is 9.12. The van der Waals surface area contributed by atoms with Gasteiger partial charge in [0.1, 0.15) is 5.54 Å². The number of hydrazine groups is 1. The van der Waals surface area contributed by atoms with Gasteiger partial charge in [-0.1, -0.05) is 12.8 Å². The number of anilines is 1. The van der Waals surface area contributed by atoms with Gasteiger partial charge in [0.05, 0.1) is 18.0 Å². The lowest BCUT2D eigenvalue weighted by Gasteiger charge is -2.55. The highest BCUT2D eigenvalue weighted by atomic mass is 19.4. The largest absolute Gasteiger partial charge is 0.417 e. The smallest absolute Gasteiger partial charge is 0.308 e. The van der Waals surface area contributed by atoms with Gasteiger partial charge >= 0.3 is 12.2 Å². The third kappa shape index (κ3) is 4.75. The molecule has 1 aromatic heterocycles. The van der Waals surface area contributed by atoms with Crippen LogP contribution < -0.4 is 16.2 Å². The van der Waals surface area contributed by atoms with Gasteiger partial charge in [-0.25, -0.2) is 19.2 Å². The highest BCUT2D eigenvalue weighted by Gasteiger charge is 2.59. The van der Waals surface area contributed by atoms with E-state index in [0.717, 1.165) is 37.0 Å². The summed E-state index contributed by atoms with van der Waals surface area (Å²) in [5.74, 6) is -2.18. The summed E-state index contributed by atoms with van der Waals surface area (Å²) in [5, 5.41) is 2.57. The van der Waals surface area contributed by atoms with E-state index in [4.69, 9.17) is 0 Å². The van der Waals surface area contributed by atoms with E-state index in [-0.39, 0.29) is 17.6 Å². The van der Waals surface area contributed by atoms with Gasteiger partial charge < -0.3 is 10.2 Å². The molecule has 2 unspecified atom stereocenters. The Kier molecular flexibility index (Phi) is 6.34. The number of hydrogen-bond acceptors (Lipinski definition) is 5. The second-order valence-electron chi connectivity index (χ2n) is 8.55. The van der Waals surface area contributed by atoms with Crippen molar-refractivity contribution in [3.8, 4) is 11.4 Å². The van der Waals surface area contributed by atoms with E-state index < -0.39 is 46.5 Å². The molecule has 1 aromatic carbocycles. The van der Waals surface area contributed by atoms with Crippen molar-refractivity contribution >= 4 is 23.5 Å². The van der Waals surface area contributed by atoms with Gasteiger partial charge in [0.15, 0.2) is 11.6 Å². The average Bonchev–Trinajstić information content (AvgIpc) is 3.11. The average molecular weight is 494 g/mol. The lowest BCUT2D eigenvalue weighted by Crippen LogP contribution is -2.74. The van der Waals surface area contributed by atoms with Crippen LogP contribution in [-0.4, -0.2) is 44.3 Å². The zero-order valence-corrected chi connectivity index (χ0v) is 18.6. The highest BCUT2D eigenvalue weighted by Crippen LogP contribution is 2.46. The monoisotopic (exact) mass is 494 g/mol. The van der Waals surface area contributed by atoms with Gasteiger partial charge in [-0.3, -0.25) is 20.4 Å². The Morgan fingerprint density at radius 3 is 2.49 bits per heavy atom. The number of aromatic nitrogens is 2. The third-order valence-electron chi connectivity index (χ3n) is 6.21. The fourth-order valence-electron chi connectivity index (χ4n) is 4.69. The molecule has 4 rings (SSSR count). The van der Waals surface area contributed by atoms with Crippen LogP contribution in [0.2, 0.25) is 0 Å². The molecule has 1 saturated carbocycles. The minimum absolute atomic E-state index is 0.0204. The van der Waals surface area contributed by atoms with Gasteiger partial charge in [-0.15, -0.1) is 0 Å². The first-order valence-electron chi connectivity index (χ1n) is 10.9. The number of fused-ring (bicyclic) bond motifs is 2. The summed E-state index contributed by atoms with van der Waals surface area (Å²) in [7, 11) is 0. The molecule has 0 radical (unpaired) electrons. The Morgan fingerprint density at radius 1 is 1.11 bits per heavy atom. The summed E-state index contributed by atoms with van der Waals surface area (Å²) in [4.78, 5) is 46.0. The van der Waals surface area contributed by atoms with Crippen LogP contribution in [0.4, 0.5) is 28.0 Å². The molecule has 1 aliphatic carbocycles. The van der Waals surface area contributed by atoms with Crippen LogP contribution >= 0.6 is 0 Å². The first-order chi connectivity index (χ1) is 16.5. The number of hydrogen-bond donors (Lipinski definition) is 3. The molecule has 3 N–H and O–H groups in total. The zero-order chi connectivity index (χ0) is 25.4. The Hall–Kier alpha value is -3.77. The van der Waals surface area contributed by atoms with Gasteiger partial charge in [-0.2, -0.15) is 13.2 Å². The number of carbonyl (C=O) groups excluding carboxylic acids is 3. The molecule has 2 fully saturated rings. The van der Waals surface area contributed by atoms with Gasteiger partial charge in [0, 0.05) is 30.6 Å². The molecular weight excluding hydrogens is 472 g/mol. The number of alkyl halides is 3. The van der Waals surface area contributed by atoms with Gasteiger partial charge in [0.2, 0.25) is 5.91 Å². The topological polar surface area (TPSA) is 116 Å². The summed E-state index contributed by atoms with van der Waals surface area (Å²) < 4.78 is 53.9. The fourth-order valence-corrected chi connectivity index (χ4v) is 4.69. The number of nitrogens with one attached hydrogen (secondary N) is 3. The van der Waals surface area contributed by atoms with E-state index in [0.29, 0.717) is 25.7 Å². The molecule has 1 saturated heterocycles. The molecule has 35 heavy (non-hydrogen) atoms. The van der Waals surface area contributed by atoms with Crippen molar-refractivity contribution in [1.29, 1.82) is 0 Å². The second-order valence-corrected chi connectivity index (χ2v) is 8.55. The van der Waals surface area contributed by atoms with E-state index in [1.165, 1.54) is 11.8 Å². The van der Waals surface area contributed by atoms with Crippen LogP contribution in [0, 0.1) is 5.82 Å². The molecule has 2 aromatic rings. The summed E-state index contributed by atoms with van der Waals surface area (Å²) in [6, 6.07) is 2.03. The Bertz CT molecular complexity index is 1150. The lowest BCUT2D eigenvalue weighted by molar-refractivity contribution is -0.146. The van der Waals surface area contributed by atoms with Crippen LogP contribution in [0.15, 0.2) is 30.6 Å². The minimum atomic E-state index is -4.74. The number of carbonyl (C=O) groups is 3. The van der Waals surface area contributed by atoms with Crippen LogP contribution in [0.25, 0.3) is 11.4 Å². The first-order valence-corrected chi connectivity index (χ1v) is 10.9. The maximum Gasteiger partial charge on any atom is 0.417 e. The van der Waals surface area contributed by atoms with Crippen molar-refractivity contribution in [3.63, 3.8) is 0 Å². The number of rotatable bonds is 3. The molecule has 2 heterocycles. The van der Waals surface area contributed by atoms with Crippen LogP contribution in [-0.2, 0) is 15.8 Å². The fraction of sp³-hybridized carbons (Fsp3) is 0.409. The molecule has 4 amide bonds. The molecule has 2 aliphatic rings. The Labute approximate surface area is 197 Å². The summed E-state index contributed by atoms with van der Waals surface area (Å²) in [6.07, 6.45) is -0.294. The standard InChI is InChI=1S/C22H22F4N6O3/c1-12(33)30-31-19(34)21-7-3-2-4-15(9-21)32(21)20(35)29-14-5-6-17(22(24,25)26)16(8-14)18-27-10-13(23)11-28-18/h5-6,8,10-11,15H,2-4,7,9H2,1H3,(H,29,35)(H,30,33)(H,31,34). The SMILES string of the molecule is CC(=O)NNC(=O)C12CCCCC(C1)N2C(=O)Nc1ccc(C(F)(F)F)c(-c2ncc(F)cn2)c1. The van der Waals surface area contributed by atoms with Crippen molar-refractivity contribution in [3.05, 3.63) is 42.0 Å². The normalized spacial score (nSPS) is 21.4. The number of urea groups is 1. The Morgan fingerprint density at radius 2 is 1.83 bits per heavy atom. The predicted octanol–water partition coefficient (Wildman–Crippen LogP) is 3.39. The van der Waals surface area contributed by atoms with E-state index in [9.17, 15) is 31.9 Å². The zero-order valence-electron chi connectivity index (χ0n) is 18.6. The summed E-state index contributed by atoms with van der Waals surface area (Å²) >= 11 is 0. The first kappa shape index (κ1) is 24.4. The van der Waals surface area contributed by atoms with Crippen molar-refractivity contribution in [2.45, 2.75) is 56.8 Å². The molecule has 1 aliphatic heterocycles. The van der Waals surface area contributed by atoms with Crippen molar-refractivity contribution in [1.82, 2.24) is 25.7 Å². The van der Waals surface area contributed by atoms with Gasteiger partial charge in [-0.05, 0) is 31.0 Å². The highest BCUT2D eigenvalue weighted by molar-refractivity contribution is 5.99. The molecule has 2 atom stereocenters. The maximum atomic E-state index is 13.6. The molecule has 9 nitrogen and oxygen atoms in total. The predicted molar refractivity (Wildman–Crippen MR) is 115 cm³/mol. The van der Waals surface area contributed by atoms with Crippen LogP contribution in [0.5, 0.6) is 0 Å². The number of amides is 4. The van der Waals surface area contributed by atoms with Crippen LogP contribution in [0.3, 0.4) is 0 Å². The van der Waals surface area contributed by atoms with E-state index in [1.54, 1.807) is 0 Å². The van der Waals surface area contributed by atoms with E-state index >= 15 is 0 Å². The van der Waals surface area contributed by atoms with Crippen molar-refractivity contribution in [2.24, 2.45) is 0 Å². The number of nitrogens with zero attached hydrogens (tertiary/aromatic N) is 3. The molecule has 186 valence electrons. The quantitative estimate of drug-likeness (QED) is 0.447. The van der Waals surface area contributed by atoms with Crippen molar-refractivity contribution < 1.29 is 31.9 Å². The maximum absolute atomic E-state index is 13.6. The number of benzene rings is 1. The third-order valence-corrected chi connectivity index (χ3v) is 6.21. The van der Waals surface area contributed by atoms with Gasteiger partial charge in [0.25, 0.3) is 5.91 Å². The van der Waals surface area contributed by atoms with E-state index in [1.807, 2.05) is 0 Å². The van der Waals surface area contributed by atoms with E-state index in [2.05, 4.69) is 26.1 Å². The molecule has 13 heteroatoms. The molecule has 0 spiro atoms. The lowest BCUT2D eigenvalue weighted by atomic mass is 9.76. The number of likely N-dealkylation sites (tertiary alicyclic amines) is 1. The Balaban J connectivity index is 1.62. The summed E-state index contributed by atoms with van der Waals surface area (Å²) in [6.45, 7) is 1.23. The molecule has 2 bridgehead atoms. The van der Waals surface area contributed by atoms with Crippen molar-refractivity contribution in [2.75, 3.05) is 5.32 Å². The number of halogens is 4.